The molecule has 0 spiro atoms. The maximum absolute atomic E-state index is 11.0. The fourth-order valence-electron chi connectivity index (χ4n) is 0.518. The molecule has 2 unspecified atom stereocenters. The van der Waals surface area contributed by atoms with Crippen molar-refractivity contribution in [3.63, 3.8) is 0 Å². The zero-order valence-corrected chi connectivity index (χ0v) is 9.90. The first kappa shape index (κ1) is 14.2. The second-order valence-corrected chi connectivity index (χ2v) is 3.48. The number of carbonyl (C=O) groups is 1. The number of ether oxygens (including phenoxy) is 1. The average Bonchev–Trinajstić information content (AvgIpc) is 2.22. The summed E-state index contributed by atoms with van der Waals surface area (Å²) >= 11 is 5.54. The van der Waals surface area contributed by atoms with Crippen LogP contribution < -0.4 is 0 Å². The van der Waals surface area contributed by atoms with Crippen LogP contribution in [0.4, 0.5) is 0 Å². The Morgan fingerprint density at radius 2 is 2.47 bits per heavy atom. The number of alkyl halides is 1. The predicted molar refractivity (Wildman–Crippen MR) is 58.8 cm³/mol. The van der Waals surface area contributed by atoms with E-state index in [0.29, 0.717) is 5.57 Å². The van der Waals surface area contributed by atoms with Crippen LogP contribution in [-0.4, -0.2) is 24.6 Å². The van der Waals surface area contributed by atoms with Gasteiger partial charge in [0.2, 0.25) is 0 Å². The van der Waals surface area contributed by atoms with Crippen LogP contribution in [0.5, 0.6) is 0 Å². The van der Waals surface area contributed by atoms with Gasteiger partial charge in [-0.3, -0.25) is 0 Å². The number of carbonyl (C=O) groups excluding carboxylic acids is 1. The predicted octanol–water partition coefficient (Wildman–Crippen LogP) is 2.55. The van der Waals surface area contributed by atoms with Gasteiger partial charge in [-0.25, -0.2) is 4.79 Å². The van der Waals surface area contributed by atoms with E-state index in [4.69, 9.17) is 26.4 Å². The molecule has 84 valence electrons. The summed E-state index contributed by atoms with van der Waals surface area (Å²) in [4.78, 5) is 16.7. The van der Waals surface area contributed by atoms with Crippen LogP contribution >= 0.6 is 20.6 Å². The molecule has 0 fully saturated rings. The lowest BCUT2D eigenvalue weighted by Gasteiger charge is -2.13. The molecule has 0 N–H and O–H groups in total. The van der Waals surface area contributed by atoms with Crippen LogP contribution in [0.15, 0.2) is 17.0 Å². The lowest BCUT2D eigenvalue weighted by atomic mass is 10.3. The number of azide groups is 1. The topological polar surface area (TPSA) is 84.3 Å². The second-order valence-electron chi connectivity index (χ2n) is 2.55. The maximum Gasteiger partial charge on any atom is 0.333 e. The van der Waals surface area contributed by atoms with E-state index >= 15 is 0 Å². The lowest BCUT2D eigenvalue weighted by molar-refractivity contribution is -0.140. The van der Waals surface area contributed by atoms with Gasteiger partial charge in [0.15, 0.2) is 0 Å². The zero-order valence-electron chi connectivity index (χ0n) is 8.14. The van der Waals surface area contributed by atoms with Crippen molar-refractivity contribution < 1.29 is 14.1 Å². The minimum atomic E-state index is -0.499. The zero-order chi connectivity index (χ0) is 11.7. The van der Waals surface area contributed by atoms with E-state index in [1.54, 1.807) is 6.92 Å². The molecular formula is C7H11ClN3O3P. The Hall–Kier alpha value is -0.800. The van der Waals surface area contributed by atoms with Crippen molar-refractivity contribution in [2.45, 2.75) is 13.0 Å². The number of hydrogen-bond acceptors (Lipinski definition) is 4. The normalized spacial score (nSPS) is 12.1. The van der Waals surface area contributed by atoms with Crippen molar-refractivity contribution in [2.24, 2.45) is 4.88 Å². The van der Waals surface area contributed by atoms with Crippen molar-refractivity contribution in [3.8, 4) is 0 Å². The quantitative estimate of drug-likeness (QED) is 0.133. The van der Waals surface area contributed by atoms with E-state index in [-0.39, 0.29) is 21.4 Å². The van der Waals surface area contributed by atoms with Gasteiger partial charge < -0.3 is 9.26 Å². The first-order chi connectivity index (χ1) is 7.11. The number of nitrogens with zero attached hydrogens (tertiary/aromatic N) is 3. The Morgan fingerprint density at radius 3 is 2.93 bits per heavy atom. The summed E-state index contributed by atoms with van der Waals surface area (Å²) < 4.78 is 9.84. The van der Waals surface area contributed by atoms with E-state index in [0.717, 1.165) is 0 Å². The Morgan fingerprint density at radius 1 is 1.80 bits per heavy atom. The molecule has 0 aromatic heterocycles. The first-order valence-electron chi connectivity index (χ1n) is 3.95. The number of halogens is 1. The molecule has 0 saturated carbocycles. The molecule has 8 heteroatoms. The molecule has 0 aliphatic heterocycles. The highest BCUT2D eigenvalue weighted by atomic mass is 35.5. The van der Waals surface area contributed by atoms with Crippen molar-refractivity contribution in [1.82, 2.24) is 0 Å². The highest BCUT2D eigenvalue weighted by Gasteiger charge is 2.11. The van der Waals surface area contributed by atoms with Gasteiger partial charge in [-0.05, 0) is 17.3 Å². The molecule has 0 bridgehead atoms. The van der Waals surface area contributed by atoms with Crippen molar-refractivity contribution >= 4 is 26.5 Å². The third-order valence-corrected chi connectivity index (χ3v) is 2.18. The van der Waals surface area contributed by atoms with Crippen LogP contribution in [0, 0.1) is 0 Å². The van der Waals surface area contributed by atoms with E-state index in [1.165, 1.54) is 0 Å². The van der Waals surface area contributed by atoms with E-state index in [2.05, 4.69) is 16.4 Å². The van der Waals surface area contributed by atoms with Gasteiger partial charge in [0.05, 0.1) is 5.88 Å². The Balaban J connectivity index is 3.84. The summed E-state index contributed by atoms with van der Waals surface area (Å²) in [6.07, 6.45) is -0.473. The average molecular weight is 252 g/mol. The fourth-order valence-corrected chi connectivity index (χ4v) is 1.16. The van der Waals surface area contributed by atoms with Crippen LogP contribution in [0.2, 0.25) is 0 Å². The van der Waals surface area contributed by atoms with Gasteiger partial charge in [0, 0.05) is 10.5 Å². The van der Waals surface area contributed by atoms with E-state index < -0.39 is 12.1 Å². The summed E-state index contributed by atoms with van der Waals surface area (Å²) in [5.41, 5.74) is 8.30. The third kappa shape index (κ3) is 7.17. The minimum absolute atomic E-state index is 0.0170. The largest absolute Gasteiger partial charge is 0.460 e. The van der Waals surface area contributed by atoms with Gasteiger partial charge in [0.1, 0.15) is 21.7 Å². The number of hydrogen-bond donors (Lipinski definition) is 0. The van der Waals surface area contributed by atoms with Gasteiger partial charge in [-0.2, -0.15) is 0 Å². The molecule has 0 amide bonds. The molecule has 0 aromatic rings. The maximum atomic E-state index is 11.0. The molecule has 0 rings (SSSR count). The standard InChI is InChI=1S/C7H11ClN3O3P/c1-5(2)7(12)13-4-6(3-8)14-15-11-10-9/h6,15H,1,3-4H2,2H3. The van der Waals surface area contributed by atoms with Crippen molar-refractivity contribution in [1.29, 1.82) is 0 Å². The highest BCUT2D eigenvalue weighted by Crippen LogP contribution is 2.17. The Bertz CT molecular complexity index is 281. The lowest BCUT2D eigenvalue weighted by Crippen LogP contribution is -2.21. The minimum Gasteiger partial charge on any atom is -0.460 e. The van der Waals surface area contributed by atoms with E-state index in [1.807, 2.05) is 0 Å². The van der Waals surface area contributed by atoms with Gasteiger partial charge in [0.25, 0.3) is 0 Å². The smallest absolute Gasteiger partial charge is 0.333 e. The van der Waals surface area contributed by atoms with Crippen LogP contribution in [0.3, 0.4) is 0 Å². The Kier molecular flexibility index (Phi) is 8.05. The molecule has 0 aliphatic rings. The third-order valence-electron chi connectivity index (χ3n) is 1.23. The monoisotopic (exact) mass is 251 g/mol. The van der Waals surface area contributed by atoms with Crippen LogP contribution in [-0.2, 0) is 14.1 Å². The van der Waals surface area contributed by atoms with Crippen molar-refractivity contribution in [3.05, 3.63) is 22.6 Å². The SMILES string of the molecule is C=C(C)C(=O)OCC(CCl)OPN=[N+]=[N-]. The molecule has 0 heterocycles. The highest BCUT2D eigenvalue weighted by molar-refractivity contribution is 7.30. The molecule has 0 saturated heterocycles. The van der Waals surface area contributed by atoms with Gasteiger partial charge in [-0.15, -0.1) is 11.6 Å². The molecule has 6 nitrogen and oxygen atoms in total. The molecule has 0 radical (unpaired) electrons. The summed E-state index contributed by atoms with van der Waals surface area (Å²) in [7, 11) is -0.373. The second kappa shape index (κ2) is 8.50. The van der Waals surface area contributed by atoms with Crippen LogP contribution in [0.25, 0.3) is 10.4 Å². The molecule has 15 heavy (non-hydrogen) atoms. The fraction of sp³-hybridized carbons (Fsp3) is 0.571. The molecular weight excluding hydrogens is 241 g/mol. The summed E-state index contributed by atoms with van der Waals surface area (Å²) in [6.45, 7) is 4.98. The number of esters is 1. The van der Waals surface area contributed by atoms with Gasteiger partial charge >= 0.3 is 5.97 Å². The molecule has 2 atom stereocenters. The van der Waals surface area contributed by atoms with E-state index in [9.17, 15) is 4.79 Å². The summed E-state index contributed by atoms with van der Waals surface area (Å²) in [5.74, 6) is -0.349. The summed E-state index contributed by atoms with van der Waals surface area (Å²) in [5, 5.41) is 0. The van der Waals surface area contributed by atoms with Crippen LogP contribution in [0.1, 0.15) is 6.92 Å². The first-order valence-corrected chi connectivity index (χ1v) is 5.34. The molecule has 0 aliphatic carbocycles. The molecule has 0 aromatic carbocycles. The summed E-state index contributed by atoms with van der Waals surface area (Å²) in [6, 6.07) is 0. The van der Waals surface area contributed by atoms with Crippen molar-refractivity contribution in [2.75, 3.05) is 12.5 Å². The number of rotatable bonds is 7. The Labute approximate surface area is 94.1 Å². The van der Waals surface area contributed by atoms with Gasteiger partial charge in [-0.1, -0.05) is 6.58 Å².